The molecule has 2 unspecified atom stereocenters. The molecule has 2 N–H and O–H groups in total. The van der Waals surface area contributed by atoms with Crippen molar-refractivity contribution in [2.45, 2.75) is 17.9 Å². The number of aromatic nitrogens is 1. The number of carbonyl (C=O) groups excluding carboxylic acids is 1. The van der Waals surface area contributed by atoms with Gasteiger partial charge in [-0.3, -0.25) is 9.78 Å². The van der Waals surface area contributed by atoms with Crippen LogP contribution < -0.4 is 5.32 Å². The van der Waals surface area contributed by atoms with Crippen LogP contribution in [-0.4, -0.2) is 34.4 Å². The molecule has 4 rings (SSSR count). The fraction of sp³-hybridized carbons (Fsp3) is 0.167. The SMILES string of the molecule is N#CC(CO)(c1ccccc1)c1ccc(NC(=O)C2CC(c3cccnc3)=NO2)cc1. The third-order valence-corrected chi connectivity index (χ3v) is 5.30. The molecule has 2 aromatic carbocycles. The predicted octanol–water partition coefficient (Wildman–Crippen LogP) is 3.02. The number of amides is 1. The van der Waals surface area contributed by atoms with Gasteiger partial charge in [0.2, 0.25) is 6.10 Å². The molecular formula is C24H20N4O3. The summed E-state index contributed by atoms with van der Waals surface area (Å²) in [6, 6.07) is 21.9. The summed E-state index contributed by atoms with van der Waals surface area (Å²) in [6.45, 7) is -0.358. The first-order chi connectivity index (χ1) is 15.2. The second kappa shape index (κ2) is 8.78. The lowest BCUT2D eigenvalue weighted by Crippen LogP contribution is -2.30. The maximum absolute atomic E-state index is 12.6. The molecule has 7 heteroatoms. The van der Waals surface area contributed by atoms with Gasteiger partial charge in [-0.15, -0.1) is 0 Å². The molecule has 1 amide bonds. The number of hydrogen-bond acceptors (Lipinski definition) is 6. The number of aliphatic hydroxyl groups is 1. The number of anilines is 1. The Kier molecular flexibility index (Phi) is 5.74. The van der Waals surface area contributed by atoms with E-state index >= 15 is 0 Å². The van der Waals surface area contributed by atoms with Crippen LogP contribution in [0.1, 0.15) is 23.1 Å². The summed E-state index contributed by atoms with van der Waals surface area (Å²) in [5.41, 5.74) is 2.22. The number of hydrogen-bond donors (Lipinski definition) is 2. The summed E-state index contributed by atoms with van der Waals surface area (Å²) in [5.74, 6) is -0.313. The van der Waals surface area contributed by atoms with Crippen LogP contribution in [0.25, 0.3) is 0 Å². The Bertz CT molecular complexity index is 1120. The lowest BCUT2D eigenvalue weighted by molar-refractivity contribution is -0.125. The fourth-order valence-corrected chi connectivity index (χ4v) is 3.52. The van der Waals surface area contributed by atoms with E-state index in [0.29, 0.717) is 28.9 Å². The molecule has 7 nitrogen and oxygen atoms in total. The van der Waals surface area contributed by atoms with Crippen LogP contribution in [0, 0.1) is 11.3 Å². The molecule has 0 spiro atoms. The molecule has 0 fully saturated rings. The van der Waals surface area contributed by atoms with Crippen molar-refractivity contribution < 1.29 is 14.7 Å². The first kappa shape index (κ1) is 20.3. The Morgan fingerprint density at radius 1 is 1.13 bits per heavy atom. The molecule has 0 saturated carbocycles. The molecule has 31 heavy (non-hydrogen) atoms. The van der Waals surface area contributed by atoms with Crippen molar-refractivity contribution in [3.63, 3.8) is 0 Å². The molecule has 0 aliphatic carbocycles. The van der Waals surface area contributed by atoms with Crippen LogP contribution in [-0.2, 0) is 15.0 Å². The lowest BCUT2D eigenvalue weighted by atomic mass is 9.76. The minimum atomic E-state index is -1.18. The minimum absolute atomic E-state index is 0.313. The number of pyridine rings is 1. The molecule has 1 aliphatic rings. The highest BCUT2D eigenvalue weighted by Crippen LogP contribution is 2.32. The topological polar surface area (TPSA) is 108 Å². The first-order valence-electron chi connectivity index (χ1n) is 9.78. The van der Waals surface area contributed by atoms with Crippen LogP contribution >= 0.6 is 0 Å². The van der Waals surface area contributed by atoms with Crippen LogP contribution in [0.2, 0.25) is 0 Å². The van der Waals surface area contributed by atoms with Crippen molar-refractivity contribution in [2.75, 3.05) is 11.9 Å². The van der Waals surface area contributed by atoms with E-state index < -0.39 is 11.5 Å². The van der Waals surface area contributed by atoms with E-state index in [9.17, 15) is 15.2 Å². The Hall–Kier alpha value is -4.02. The van der Waals surface area contributed by atoms with Crippen LogP contribution in [0.3, 0.4) is 0 Å². The van der Waals surface area contributed by atoms with Gasteiger partial charge >= 0.3 is 0 Å². The molecule has 0 radical (unpaired) electrons. The van der Waals surface area contributed by atoms with Gasteiger partial charge < -0.3 is 15.3 Å². The summed E-state index contributed by atoms with van der Waals surface area (Å²) in [7, 11) is 0. The molecular weight excluding hydrogens is 392 g/mol. The van der Waals surface area contributed by atoms with E-state index in [4.69, 9.17) is 4.84 Å². The van der Waals surface area contributed by atoms with E-state index in [0.717, 1.165) is 5.56 Å². The monoisotopic (exact) mass is 412 g/mol. The summed E-state index contributed by atoms with van der Waals surface area (Å²) >= 11 is 0. The van der Waals surface area contributed by atoms with Crippen LogP contribution in [0.4, 0.5) is 5.69 Å². The lowest BCUT2D eigenvalue weighted by Gasteiger charge is -2.25. The average Bonchev–Trinajstić information content (AvgIpc) is 3.33. The Balaban J connectivity index is 1.45. The zero-order valence-electron chi connectivity index (χ0n) is 16.6. The van der Waals surface area contributed by atoms with Gasteiger partial charge in [0, 0.05) is 30.1 Å². The maximum Gasteiger partial charge on any atom is 0.268 e. The summed E-state index contributed by atoms with van der Waals surface area (Å²) in [6.07, 6.45) is 2.97. The van der Waals surface area contributed by atoms with Gasteiger partial charge in [0.15, 0.2) is 0 Å². The number of aliphatic hydroxyl groups excluding tert-OH is 1. The van der Waals surface area contributed by atoms with Crippen LogP contribution in [0.5, 0.6) is 0 Å². The van der Waals surface area contributed by atoms with Crippen LogP contribution in [0.15, 0.2) is 84.3 Å². The molecule has 1 aliphatic heterocycles. The highest BCUT2D eigenvalue weighted by Gasteiger charge is 2.34. The number of carbonyl (C=O) groups is 1. The molecule has 0 bridgehead atoms. The van der Waals surface area contributed by atoms with Crippen molar-refractivity contribution in [1.82, 2.24) is 4.98 Å². The third-order valence-electron chi connectivity index (χ3n) is 5.30. The van der Waals surface area contributed by atoms with Crippen molar-refractivity contribution in [1.29, 1.82) is 5.26 Å². The smallest absolute Gasteiger partial charge is 0.268 e. The quantitative estimate of drug-likeness (QED) is 0.647. The summed E-state index contributed by atoms with van der Waals surface area (Å²) in [4.78, 5) is 21.9. The van der Waals surface area contributed by atoms with Crippen molar-refractivity contribution in [3.05, 3.63) is 95.8 Å². The molecule has 2 heterocycles. The van der Waals surface area contributed by atoms with E-state index in [1.54, 1.807) is 42.7 Å². The van der Waals surface area contributed by atoms with Crippen molar-refractivity contribution >= 4 is 17.3 Å². The van der Waals surface area contributed by atoms with Gasteiger partial charge in [0.25, 0.3) is 5.91 Å². The number of oxime groups is 1. The van der Waals surface area contributed by atoms with Gasteiger partial charge in [0.05, 0.1) is 18.4 Å². The average molecular weight is 412 g/mol. The molecule has 154 valence electrons. The molecule has 1 aromatic heterocycles. The molecule has 0 saturated heterocycles. The second-order valence-corrected chi connectivity index (χ2v) is 7.19. The zero-order chi connectivity index (χ0) is 21.7. The Morgan fingerprint density at radius 2 is 1.87 bits per heavy atom. The highest BCUT2D eigenvalue weighted by molar-refractivity contribution is 6.05. The van der Waals surface area contributed by atoms with E-state index in [-0.39, 0.29) is 12.5 Å². The molecule has 3 aromatic rings. The fourth-order valence-electron chi connectivity index (χ4n) is 3.52. The minimum Gasteiger partial charge on any atom is -0.394 e. The van der Waals surface area contributed by atoms with Crippen molar-refractivity contribution in [3.8, 4) is 6.07 Å². The van der Waals surface area contributed by atoms with Gasteiger partial charge in [-0.2, -0.15) is 5.26 Å². The number of benzene rings is 2. The summed E-state index contributed by atoms with van der Waals surface area (Å²) < 4.78 is 0. The Labute approximate surface area is 179 Å². The van der Waals surface area contributed by atoms with Crippen molar-refractivity contribution in [2.24, 2.45) is 5.16 Å². The highest BCUT2D eigenvalue weighted by atomic mass is 16.6. The zero-order valence-corrected chi connectivity index (χ0v) is 16.6. The Morgan fingerprint density at radius 3 is 2.52 bits per heavy atom. The number of nitrogens with one attached hydrogen (secondary N) is 1. The summed E-state index contributed by atoms with van der Waals surface area (Å²) in [5, 5.41) is 26.7. The first-order valence-corrected chi connectivity index (χ1v) is 9.78. The second-order valence-electron chi connectivity index (χ2n) is 7.19. The normalized spacial score (nSPS) is 17.0. The van der Waals surface area contributed by atoms with E-state index in [1.807, 2.05) is 36.4 Å². The number of nitriles is 1. The van der Waals surface area contributed by atoms with Gasteiger partial charge in [-0.05, 0) is 35.4 Å². The van der Waals surface area contributed by atoms with Gasteiger partial charge in [0.1, 0.15) is 5.41 Å². The maximum atomic E-state index is 12.6. The largest absolute Gasteiger partial charge is 0.394 e. The van der Waals surface area contributed by atoms with Gasteiger partial charge in [-0.1, -0.05) is 47.6 Å². The number of nitrogens with zero attached hydrogens (tertiary/aromatic N) is 3. The standard InChI is InChI=1S/C24H20N4O3/c25-15-24(16-29,18-6-2-1-3-7-18)19-8-10-20(11-9-19)27-23(30)22-13-21(28-31-22)17-5-4-12-26-14-17/h1-12,14,22,29H,13,16H2,(H,27,30). The predicted molar refractivity (Wildman–Crippen MR) is 115 cm³/mol. The van der Waals surface area contributed by atoms with E-state index in [2.05, 4.69) is 21.5 Å². The molecule has 2 atom stereocenters. The van der Waals surface area contributed by atoms with E-state index in [1.165, 1.54) is 0 Å². The third kappa shape index (κ3) is 4.02. The van der Waals surface area contributed by atoms with Gasteiger partial charge in [-0.25, -0.2) is 0 Å². The number of rotatable bonds is 6.